The van der Waals surface area contributed by atoms with Gasteiger partial charge < -0.3 is 10.3 Å². The van der Waals surface area contributed by atoms with Crippen molar-refractivity contribution in [2.45, 2.75) is 11.7 Å². The van der Waals surface area contributed by atoms with Crippen LogP contribution >= 0.6 is 11.8 Å². The minimum atomic E-state index is -0.367. The molecule has 0 bridgehead atoms. The van der Waals surface area contributed by atoms with Gasteiger partial charge in [0.25, 0.3) is 0 Å². The molecule has 0 saturated heterocycles. The van der Waals surface area contributed by atoms with E-state index in [-0.39, 0.29) is 11.5 Å². The fourth-order valence-electron chi connectivity index (χ4n) is 2.06. The molecule has 0 amide bonds. The first-order chi connectivity index (χ1) is 10.7. The van der Waals surface area contributed by atoms with E-state index in [0.29, 0.717) is 5.69 Å². The lowest BCUT2D eigenvalue weighted by Gasteiger charge is -2.03. The quantitative estimate of drug-likeness (QED) is 0.453. The van der Waals surface area contributed by atoms with Crippen molar-refractivity contribution in [3.05, 3.63) is 30.5 Å². The van der Waals surface area contributed by atoms with Crippen LogP contribution in [0.4, 0.5) is 5.69 Å². The van der Waals surface area contributed by atoms with E-state index in [4.69, 9.17) is 16.4 Å². The zero-order chi connectivity index (χ0) is 15.5. The topological polar surface area (TPSA) is 116 Å². The maximum absolute atomic E-state index is 8.82. The summed E-state index contributed by atoms with van der Waals surface area (Å²) in [6, 6.07) is 9.32. The molecule has 2 aromatic rings. The second-order valence-electron chi connectivity index (χ2n) is 4.63. The lowest BCUT2D eigenvalue weighted by Crippen LogP contribution is -2.21. The summed E-state index contributed by atoms with van der Waals surface area (Å²) in [5, 5.41) is 20.9. The van der Waals surface area contributed by atoms with Gasteiger partial charge in [0.05, 0.1) is 11.4 Å². The monoisotopic (exact) mass is 311 g/mol. The molecule has 2 heterocycles. The number of amidine groups is 1. The van der Waals surface area contributed by atoms with Gasteiger partial charge in [0.2, 0.25) is 5.71 Å². The van der Waals surface area contributed by atoms with Crippen molar-refractivity contribution in [2.24, 2.45) is 10.8 Å². The van der Waals surface area contributed by atoms with Crippen molar-refractivity contribution < 1.29 is 0 Å². The van der Waals surface area contributed by atoms with Crippen LogP contribution in [-0.2, 0) is 6.54 Å². The molecule has 8 heteroatoms. The van der Waals surface area contributed by atoms with Crippen molar-refractivity contribution in [2.75, 3.05) is 11.2 Å². The molecule has 0 spiro atoms. The summed E-state index contributed by atoms with van der Waals surface area (Å²) in [5.74, 6) is 0.703. The third-order valence-corrected chi connectivity index (χ3v) is 4.09. The Morgan fingerprint density at radius 3 is 3.14 bits per heavy atom. The van der Waals surface area contributed by atoms with E-state index in [1.165, 1.54) is 0 Å². The molecule has 1 aliphatic rings. The Kier molecular flexibility index (Phi) is 3.80. The summed E-state index contributed by atoms with van der Waals surface area (Å²) < 4.78 is 2.14. The third-order valence-electron chi connectivity index (χ3n) is 3.12. The van der Waals surface area contributed by atoms with Gasteiger partial charge in [-0.3, -0.25) is 10.8 Å². The number of rotatable bonds is 4. The highest BCUT2D eigenvalue weighted by atomic mass is 32.2. The molecule has 3 rings (SSSR count). The van der Waals surface area contributed by atoms with Gasteiger partial charge in [-0.1, -0.05) is 23.9 Å². The fourth-order valence-corrected chi connectivity index (χ4v) is 3.01. The van der Waals surface area contributed by atoms with E-state index in [9.17, 15) is 0 Å². The lowest BCUT2D eigenvalue weighted by molar-refractivity contribution is 0.719. The molecule has 110 valence electrons. The number of aromatic nitrogens is 2. The molecule has 1 aliphatic heterocycles. The Hall–Kier alpha value is -2.79. The zero-order valence-electron chi connectivity index (χ0n) is 11.6. The predicted octanol–water partition coefficient (Wildman–Crippen LogP) is 1.88. The number of hydrogen-bond donors (Lipinski definition) is 3. The van der Waals surface area contributed by atoms with Gasteiger partial charge in [0.1, 0.15) is 6.07 Å². The van der Waals surface area contributed by atoms with Crippen LogP contribution in [0.2, 0.25) is 0 Å². The van der Waals surface area contributed by atoms with Crippen molar-refractivity contribution in [3.8, 4) is 17.3 Å². The molecule has 4 N–H and O–H groups in total. The standard InChI is InChI=1S/C14H13N7S/c15-7-11(13(16)17)20-19-10-3-1-2-9(6-10)12-8-21-4-5-22-14(21)18-12/h1-3,6,8,19H,4-5H2,(H3,16,17)/b20-11+. The van der Waals surface area contributed by atoms with Crippen LogP contribution < -0.4 is 11.2 Å². The average Bonchev–Trinajstić information content (AvgIpc) is 3.09. The van der Waals surface area contributed by atoms with Gasteiger partial charge in [-0.25, -0.2) is 4.98 Å². The summed E-state index contributed by atoms with van der Waals surface area (Å²) in [4.78, 5) is 4.60. The number of aryl methyl sites for hydroxylation is 1. The van der Waals surface area contributed by atoms with E-state index in [0.717, 1.165) is 28.7 Å². The Bertz CT molecular complexity index is 778. The highest BCUT2D eigenvalue weighted by molar-refractivity contribution is 7.99. The summed E-state index contributed by atoms with van der Waals surface area (Å²) in [6.45, 7) is 0.985. The van der Waals surface area contributed by atoms with Crippen LogP contribution in [0, 0.1) is 16.7 Å². The minimum absolute atomic E-state index is 0.150. The molecule has 22 heavy (non-hydrogen) atoms. The van der Waals surface area contributed by atoms with E-state index >= 15 is 0 Å². The number of nitriles is 1. The Labute approximate surface area is 131 Å². The summed E-state index contributed by atoms with van der Waals surface area (Å²) >= 11 is 1.75. The molecule has 0 aliphatic carbocycles. The molecule has 7 nitrogen and oxygen atoms in total. The molecule has 0 fully saturated rings. The van der Waals surface area contributed by atoms with Gasteiger partial charge in [0.15, 0.2) is 11.0 Å². The smallest absolute Gasteiger partial charge is 0.201 e. The van der Waals surface area contributed by atoms with Crippen LogP contribution in [0.25, 0.3) is 11.3 Å². The number of hydrogen-bond acceptors (Lipinski definition) is 6. The number of nitrogens with zero attached hydrogens (tertiary/aromatic N) is 4. The van der Waals surface area contributed by atoms with Crippen LogP contribution in [0.15, 0.2) is 40.7 Å². The third kappa shape index (κ3) is 2.80. The highest BCUT2D eigenvalue weighted by Gasteiger charge is 2.15. The second kappa shape index (κ2) is 5.91. The molecule has 1 aromatic carbocycles. The van der Waals surface area contributed by atoms with Gasteiger partial charge in [-0.2, -0.15) is 10.4 Å². The van der Waals surface area contributed by atoms with E-state index in [2.05, 4.69) is 20.1 Å². The Morgan fingerprint density at radius 2 is 2.41 bits per heavy atom. The SMILES string of the molecule is N#C/C(=N\Nc1cccc(-c2cn3c(n2)SCC3)c1)C(=N)N. The van der Waals surface area contributed by atoms with Gasteiger partial charge in [-0.05, 0) is 12.1 Å². The first-order valence-corrected chi connectivity index (χ1v) is 7.54. The number of nitrogens with two attached hydrogens (primary N) is 1. The Morgan fingerprint density at radius 1 is 1.55 bits per heavy atom. The van der Waals surface area contributed by atoms with Crippen LogP contribution in [0.5, 0.6) is 0 Å². The van der Waals surface area contributed by atoms with Crippen molar-refractivity contribution in [3.63, 3.8) is 0 Å². The van der Waals surface area contributed by atoms with E-state index in [1.54, 1.807) is 17.8 Å². The molecule has 1 aromatic heterocycles. The number of anilines is 1. The zero-order valence-corrected chi connectivity index (χ0v) is 12.4. The summed E-state index contributed by atoms with van der Waals surface area (Å²) in [7, 11) is 0. The number of benzene rings is 1. The molecule has 0 radical (unpaired) electrons. The van der Waals surface area contributed by atoms with Crippen molar-refractivity contribution in [1.29, 1.82) is 10.7 Å². The number of hydrazone groups is 1. The molecular weight excluding hydrogens is 298 g/mol. The fraction of sp³-hybridized carbons (Fsp3) is 0.143. The van der Waals surface area contributed by atoms with Crippen molar-refractivity contribution >= 4 is 29.0 Å². The first kappa shape index (κ1) is 14.2. The number of fused-ring (bicyclic) bond motifs is 1. The number of nitrogens with one attached hydrogen (secondary N) is 2. The normalized spacial score (nSPS) is 13.5. The summed E-state index contributed by atoms with van der Waals surface area (Å²) in [5.41, 5.74) is 10.4. The molecule has 0 saturated carbocycles. The van der Waals surface area contributed by atoms with Crippen LogP contribution in [0.3, 0.4) is 0 Å². The van der Waals surface area contributed by atoms with Crippen molar-refractivity contribution in [1.82, 2.24) is 9.55 Å². The van der Waals surface area contributed by atoms with Gasteiger partial charge in [-0.15, -0.1) is 0 Å². The molecule has 0 atom stereocenters. The van der Waals surface area contributed by atoms with E-state index in [1.807, 2.05) is 30.5 Å². The largest absolute Gasteiger partial charge is 0.382 e. The average molecular weight is 311 g/mol. The maximum atomic E-state index is 8.82. The Balaban J connectivity index is 1.83. The maximum Gasteiger partial charge on any atom is 0.201 e. The first-order valence-electron chi connectivity index (χ1n) is 6.56. The molecular formula is C14H13N7S. The predicted molar refractivity (Wildman–Crippen MR) is 87.0 cm³/mol. The van der Waals surface area contributed by atoms with Gasteiger partial charge in [0, 0.05) is 24.1 Å². The second-order valence-corrected chi connectivity index (χ2v) is 5.69. The van der Waals surface area contributed by atoms with Gasteiger partial charge >= 0.3 is 0 Å². The van der Waals surface area contributed by atoms with Crippen LogP contribution in [0.1, 0.15) is 0 Å². The minimum Gasteiger partial charge on any atom is -0.382 e. The number of thioether (sulfide) groups is 1. The molecule has 0 unspecified atom stereocenters. The van der Waals surface area contributed by atoms with Crippen LogP contribution in [-0.4, -0.2) is 26.9 Å². The highest BCUT2D eigenvalue weighted by Crippen LogP contribution is 2.29. The lowest BCUT2D eigenvalue weighted by atomic mass is 10.1. The van der Waals surface area contributed by atoms with E-state index < -0.39 is 0 Å². The summed E-state index contributed by atoms with van der Waals surface area (Å²) in [6.07, 6.45) is 2.04. The number of imidazole rings is 1.